The highest BCUT2D eigenvalue weighted by Crippen LogP contribution is 2.25. The minimum Gasteiger partial charge on any atom is -0.271 e. The van der Waals surface area contributed by atoms with Crippen molar-refractivity contribution < 1.29 is 21.6 Å². The number of nitrogens with zero attached hydrogens (tertiary/aromatic N) is 3. The lowest BCUT2D eigenvalue weighted by atomic mass is 10.00. The van der Waals surface area contributed by atoms with E-state index in [-0.39, 0.29) is 29.4 Å². The van der Waals surface area contributed by atoms with Crippen LogP contribution in [0.2, 0.25) is 0 Å². The van der Waals surface area contributed by atoms with Crippen molar-refractivity contribution in [2.45, 2.75) is 36.6 Å². The molecule has 1 aliphatic heterocycles. The minimum atomic E-state index is -4.08. The van der Waals surface area contributed by atoms with Gasteiger partial charge in [-0.1, -0.05) is 48.5 Å². The first-order chi connectivity index (χ1) is 18.0. The van der Waals surface area contributed by atoms with Gasteiger partial charge in [-0.3, -0.25) is 4.79 Å². The van der Waals surface area contributed by atoms with E-state index in [1.807, 2.05) is 32.9 Å². The van der Waals surface area contributed by atoms with Crippen molar-refractivity contribution in [1.29, 1.82) is 0 Å². The molecule has 1 fully saturated rings. The van der Waals surface area contributed by atoms with Gasteiger partial charge in [0.05, 0.1) is 16.0 Å². The summed E-state index contributed by atoms with van der Waals surface area (Å²) in [4.78, 5) is 13.4. The number of amides is 1. The average Bonchev–Trinajstić information content (AvgIpc) is 2.93. The lowest BCUT2D eigenvalue weighted by Gasteiger charge is -2.38. The van der Waals surface area contributed by atoms with Gasteiger partial charge in [0, 0.05) is 19.6 Å². The summed E-state index contributed by atoms with van der Waals surface area (Å²) in [5.41, 5.74) is 6.48. The van der Waals surface area contributed by atoms with Crippen LogP contribution < -0.4 is 5.43 Å². The molecular formula is C27H30N4O5S2. The maximum Gasteiger partial charge on any atom is 0.259 e. The number of aryl methyl sites for hydroxylation is 1. The fourth-order valence-corrected chi connectivity index (χ4v) is 7.34. The number of piperazine rings is 1. The van der Waals surface area contributed by atoms with Crippen LogP contribution >= 0.6 is 0 Å². The molecule has 1 heterocycles. The average molecular weight is 555 g/mol. The van der Waals surface area contributed by atoms with E-state index in [2.05, 4.69) is 10.5 Å². The molecular weight excluding hydrogens is 524 g/mol. The third kappa shape index (κ3) is 5.56. The lowest BCUT2D eigenvalue weighted by Crippen LogP contribution is -2.60. The Morgan fingerprint density at radius 3 is 2.00 bits per heavy atom. The zero-order valence-electron chi connectivity index (χ0n) is 21.4. The monoisotopic (exact) mass is 554 g/mol. The predicted octanol–water partition coefficient (Wildman–Crippen LogP) is 2.83. The minimum absolute atomic E-state index is 0.0198. The zero-order valence-corrected chi connectivity index (χ0v) is 23.0. The second-order valence-corrected chi connectivity index (χ2v) is 12.9. The van der Waals surface area contributed by atoms with Gasteiger partial charge in [-0.15, -0.1) is 0 Å². The van der Waals surface area contributed by atoms with Gasteiger partial charge in [-0.25, -0.2) is 22.3 Å². The number of hydrogen-bond acceptors (Lipinski definition) is 6. The van der Waals surface area contributed by atoms with Crippen LogP contribution in [0.5, 0.6) is 0 Å². The first-order valence-corrected chi connectivity index (χ1v) is 14.9. The van der Waals surface area contributed by atoms with Gasteiger partial charge in [0.1, 0.15) is 6.04 Å². The molecule has 1 aliphatic rings. The Balaban J connectivity index is 1.63. The third-order valence-corrected chi connectivity index (χ3v) is 10.6. The molecule has 0 spiro atoms. The fourth-order valence-electron chi connectivity index (χ4n) is 4.29. The molecule has 200 valence electrons. The highest BCUT2D eigenvalue weighted by molar-refractivity contribution is 7.89. The van der Waals surface area contributed by atoms with E-state index in [9.17, 15) is 21.6 Å². The van der Waals surface area contributed by atoms with Gasteiger partial charge in [0.15, 0.2) is 0 Å². The van der Waals surface area contributed by atoms with Gasteiger partial charge in [-0.05, 0) is 67.3 Å². The molecule has 0 aliphatic carbocycles. The normalized spacial score (nSPS) is 17.5. The maximum absolute atomic E-state index is 13.5. The Hall–Kier alpha value is -3.38. The summed E-state index contributed by atoms with van der Waals surface area (Å²) in [5.74, 6) is -0.727. The van der Waals surface area contributed by atoms with E-state index >= 15 is 0 Å². The van der Waals surface area contributed by atoms with Crippen LogP contribution in [-0.2, 0) is 24.8 Å². The molecule has 0 aromatic heterocycles. The summed E-state index contributed by atoms with van der Waals surface area (Å²) in [7, 11) is -8.03. The van der Waals surface area contributed by atoms with E-state index in [4.69, 9.17) is 0 Å². The Morgan fingerprint density at radius 1 is 0.816 bits per heavy atom. The molecule has 0 saturated carbocycles. The number of nitrogens with one attached hydrogen (secondary N) is 1. The van der Waals surface area contributed by atoms with Crippen LogP contribution in [0.3, 0.4) is 0 Å². The highest BCUT2D eigenvalue weighted by Gasteiger charge is 2.43. The molecule has 38 heavy (non-hydrogen) atoms. The van der Waals surface area contributed by atoms with E-state index in [1.165, 1.54) is 30.5 Å². The van der Waals surface area contributed by atoms with Crippen molar-refractivity contribution >= 4 is 32.2 Å². The smallest absolute Gasteiger partial charge is 0.259 e. The number of sulfonamides is 2. The SMILES string of the molecule is Cc1ccc(/C=N\NC(=O)[C@H]2CN(S(=O)(=O)c3ccccc3)CCN2S(=O)(=O)c2ccccc2)c(C)c1C. The predicted molar refractivity (Wildman–Crippen MR) is 146 cm³/mol. The fraction of sp³-hybridized carbons (Fsp3) is 0.259. The Morgan fingerprint density at radius 2 is 1.39 bits per heavy atom. The van der Waals surface area contributed by atoms with E-state index in [0.717, 1.165) is 30.9 Å². The Kier molecular flexibility index (Phi) is 8.12. The van der Waals surface area contributed by atoms with Crippen LogP contribution in [0.15, 0.2) is 87.7 Å². The zero-order chi connectivity index (χ0) is 27.5. The second kappa shape index (κ2) is 11.2. The molecule has 0 radical (unpaired) electrons. The van der Waals surface area contributed by atoms with Crippen molar-refractivity contribution in [1.82, 2.24) is 14.0 Å². The number of carbonyl (C=O) groups excluding carboxylic acids is 1. The quantitative estimate of drug-likeness (QED) is 0.356. The molecule has 3 aromatic rings. The van der Waals surface area contributed by atoms with Gasteiger partial charge in [0.2, 0.25) is 20.0 Å². The van der Waals surface area contributed by atoms with Crippen LogP contribution in [-0.4, -0.2) is 63.2 Å². The molecule has 0 bridgehead atoms. The molecule has 4 rings (SSSR count). The molecule has 1 N–H and O–H groups in total. The van der Waals surface area contributed by atoms with Gasteiger partial charge in [0.25, 0.3) is 5.91 Å². The van der Waals surface area contributed by atoms with Gasteiger partial charge >= 0.3 is 0 Å². The number of rotatable bonds is 7. The number of hydrogen-bond donors (Lipinski definition) is 1. The number of benzene rings is 3. The van der Waals surface area contributed by atoms with E-state index in [1.54, 1.807) is 36.4 Å². The van der Waals surface area contributed by atoms with E-state index < -0.39 is 32.0 Å². The molecule has 11 heteroatoms. The van der Waals surface area contributed by atoms with Crippen LogP contribution in [0, 0.1) is 20.8 Å². The maximum atomic E-state index is 13.5. The van der Waals surface area contributed by atoms with Crippen molar-refractivity contribution in [2.75, 3.05) is 19.6 Å². The van der Waals surface area contributed by atoms with Gasteiger partial charge in [-0.2, -0.15) is 13.7 Å². The lowest BCUT2D eigenvalue weighted by molar-refractivity contribution is -0.125. The molecule has 1 amide bonds. The summed E-state index contributed by atoms with van der Waals surface area (Å²) < 4.78 is 55.7. The number of carbonyl (C=O) groups is 1. The summed E-state index contributed by atoms with van der Waals surface area (Å²) in [6.07, 6.45) is 1.50. The van der Waals surface area contributed by atoms with Crippen LogP contribution in [0.1, 0.15) is 22.3 Å². The van der Waals surface area contributed by atoms with Crippen LogP contribution in [0.4, 0.5) is 0 Å². The van der Waals surface area contributed by atoms with Gasteiger partial charge < -0.3 is 0 Å². The van der Waals surface area contributed by atoms with Crippen molar-refractivity contribution in [3.63, 3.8) is 0 Å². The van der Waals surface area contributed by atoms with Crippen molar-refractivity contribution in [2.24, 2.45) is 5.10 Å². The molecule has 1 saturated heterocycles. The Bertz CT molecular complexity index is 1560. The standard InChI is InChI=1S/C27H30N4O5S2/c1-20-14-15-23(22(3)21(20)2)18-28-29-27(32)26-19-30(37(33,34)24-10-6-4-7-11-24)16-17-31(26)38(35,36)25-12-8-5-9-13-25/h4-15,18,26H,16-17,19H2,1-3H3,(H,29,32)/b28-18-/t26-/m1/s1. The van der Waals surface area contributed by atoms with Crippen LogP contribution in [0.25, 0.3) is 0 Å². The highest BCUT2D eigenvalue weighted by atomic mass is 32.2. The molecule has 9 nitrogen and oxygen atoms in total. The second-order valence-electron chi connectivity index (χ2n) is 9.08. The van der Waals surface area contributed by atoms with Crippen molar-refractivity contribution in [3.05, 3.63) is 95.1 Å². The summed E-state index contributed by atoms with van der Waals surface area (Å²) in [6.45, 7) is 5.31. The third-order valence-electron chi connectivity index (χ3n) is 6.81. The first-order valence-electron chi connectivity index (χ1n) is 12.1. The van der Waals surface area contributed by atoms with Crippen molar-refractivity contribution in [3.8, 4) is 0 Å². The largest absolute Gasteiger partial charge is 0.271 e. The topological polar surface area (TPSA) is 116 Å². The summed E-state index contributed by atoms with van der Waals surface area (Å²) >= 11 is 0. The number of hydrazone groups is 1. The molecule has 0 unspecified atom stereocenters. The Labute approximate surface area is 223 Å². The molecule has 1 atom stereocenters. The first kappa shape index (κ1) is 27.6. The molecule has 3 aromatic carbocycles. The van der Waals surface area contributed by atoms with E-state index in [0.29, 0.717) is 0 Å². The summed E-state index contributed by atoms with van der Waals surface area (Å²) in [5, 5.41) is 4.07. The summed E-state index contributed by atoms with van der Waals surface area (Å²) in [6, 6.07) is 18.1.